The minimum atomic E-state index is 0.120. The number of carbonyl (C=O) groups is 1. The monoisotopic (exact) mass is 176 g/mol. The predicted molar refractivity (Wildman–Crippen MR) is 50.0 cm³/mol. The van der Waals surface area contributed by atoms with Crippen LogP contribution in [0.1, 0.15) is 12.8 Å². The van der Waals surface area contributed by atoms with Crippen LogP contribution >= 0.6 is 12.6 Å². The standard InChI is InChI=1S/C7H16N2OS/c1-8-4-2-3-7(10)9-5-6-11/h8,11H,2-6H2,1H3,(H,9,10). The summed E-state index contributed by atoms with van der Waals surface area (Å²) in [6.45, 7) is 1.57. The maximum atomic E-state index is 10.9. The van der Waals surface area contributed by atoms with E-state index >= 15 is 0 Å². The van der Waals surface area contributed by atoms with Gasteiger partial charge in [-0.2, -0.15) is 12.6 Å². The fourth-order valence-corrected chi connectivity index (χ4v) is 0.821. The van der Waals surface area contributed by atoms with Gasteiger partial charge in [-0.05, 0) is 20.0 Å². The molecule has 0 aliphatic rings. The molecule has 1 amide bonds. The van der Waals surface area contributed by atoms with Crippen LogP contribution in [0, 0.1) is 0 Å². The average molecular weight is 176 g/mol. The molecule has 0 heterocycles. The Morgan fingerprint density at radius 3 is 2.73 bits per heavy atom. The molecule has 0 aliphatic carbocycles. The Morgan fingerprint density at radius 1 is 1.45 bits per heavy atom. The maximum Gasteiger partial charge on any atom is 0.220 e. The van der Waals surface area contributed by atoms with E-state index in [0.29, 0.717) is 18.7 Å². The molecule has 4 heteroatoms. The van der Waals surface area contributed by atoms with Crippen LogP contribution in [0.25, 0.3) is 0 Å². The molecule has 11 heavy (non-hydrogen) atoms. The fourth-order valence-electron chi connectivity index (χ4n) is 0.709. The Balaban J connectivity index is 3.09. The third-order valence-electron chi connectivity index (χ3n) is 1.26. The van der Waals surface area contributed by atoms with E-state index in [1.807, 2.05) is 7.05 Å². The molecule has 0 saturated heterocycles. The highest BCUT2D eigenvalue weighted by atomic mass is 32.1. The zero-order valence-electron chi connectivity index (χ0n) is 6.89. The lowest BCUT2D eigenvalue weighted by Gasteiger charge is -2.01. The Hall–Kier alpha value is -0.220. The summed E-state index contributed by atoms with van der Waals surface area (Å²) in [4.78, 5) is 10.9. The lowest BCUT2D eigenvalue weighted by molar-refractivity contribution is -0.121. The SMILES string of the molecule is CNCCCC(=O)NCCS. The number of amides is 1. The van der Waals surface area contributed by atoms with Gasteiger partial charge in [0.1, 0.15) is 0 Å². The molecule has 0 aromatic heterocycles. The molecule has 0 aliphatic heterocycles. The first kappa shape index (κ1) is 10.8. The van der Waals surface area contributed by atoms with E-state index in [-0.39, 0.29) is 5.91 Å². The van der Waals surface area contributed by atoms with Crippen molar-refractivity contribution in [1.82, 2.24) is 10.6 Å². The Morgan fingerprint density at radius 2 is 2.18 bits per heavy atom. The van der Waals surface area contributed by atoms with Crippen molar-refractivity contribution in [3.63, 3.8) is 0 Å². The average Bonchev–Trinajstić information content (AvgIpc) is 2.01. The molecular weight excluding hydrogens is 160 g/mol. The van der Waals surface area contributed by atoms with Gasteiger partial charge < -0.3 is 10.6 Å². The van der Waals surface area contributed by atoms with E-state index in [4.69, 9.17) is 0 Å². The number of hydrogen-bond acceptors (Lipinski definition) is 3. The molecule has 66 valence electrons. The summed E-state index contributed by atoms with van der Waals surface area (Å²) in [5.74, 6) is 0.826. The second-order valence-corrected chi connectivity index (χ2v) is 2.73. The summed E-state index contributed by atoms with van der Waals surface area (Å²) >= 11 is 3.98. The third kappa shape index (κ3) is 7.68. The van der Waals surface area contributed by atoms with Crippen LogP contribution in [0.3, 0.4) is 0 Å². The number of rotatable bonds is 6. The Kier molecular flexibility index (Phi) is 7.72. The normalized spacial score (nSPS) is 9.64. The molecule has 0 rings (SSSR count). The molecule has 0 spiro atoms. The van der Waals surface area contributed by atoms with Crippen molar-refractivity contribution >= 4 is 18.5 Å². The summed E-state index contributed by atoms with van der Waals surface area (Å²) in [5.41, 5.74) is 0. The lowest BCUT2D eigenvalue weighted by atomic mass is 10.3. The Labute approximate surface area is 73.3 Å². The fraction of sp³-hybridized carbons (Fsp3) is 0.857. The van der Waals surface area contributed by atoms with Gasteiger partial charge in [0.25, 0.3) is 0 Å². The summed E-state index contributed by atoms with van der Waals surface area (Å²) in [7, 11) is 1.88. The van der Waals surface area contributed by atoms with Crippen molar-refractivity contribution in [2.24, 2.45) is 0 Å². The van der Waals surface area contributed by atoms with Gasteiger partial charge in [0.2, 0.25) is 5.91 Å². The minimum absolute atomic E-state index is 0.120. The summed E-state index contributed by atoms with van der Waals surface area (Å²) in [6.07, 6.45) is 1.50. The first-order chi connectivity index (χ1) is 5.31. The molecule has 0 atom stereocenters. The van der Waals surface area contributed by atoms with Crippen LogP contribution in [-0.2, 0) is 4.79 Å². The van der Waals surface area contributed by atoms with Crippen molar-refractivity contribution in [2.75, 3.05) is 25.9 Å². The van der Waals surface area contributed by atoms with E-state index in [0.717, 1.165) is 13.0 Å². The molecule has 0 unspecified atom stereocenters. The highest BCUT2D eigenvalue weighted by Crippen LogP contribution is 1.85. The molecule has 0 saturated carbocycles. The molecular formula is C7H16N2OS. The zero-order valence-corrected chi connectivity index (χ0v) is 7.79. The van der Waals surface area contributed by atoms with E-state index in [1.165, 1.54) is 0 Å². The molecule has 0 bridgehead atoms. The largest absolute Gasteiger partial charge is 0.355 e. The van der Waals surface area contributed by atoms with Crippen LogP contribution in [0.5, 0.6) is 0 Å². The summed E-state index contributed by atoms with van der Waals surface area (Å²) in [5, 5.41) is 5.73. The highest BCUT2D eigenvalue weighted by Gasteiger charge is 1.97. The first-order valence-electron chi connectivity index (χ1n) is 3.83. The van der Waals surface area contributed by atoms with E-state index in [2.05, 4.69) is 23.3 Å². The second-order valence-electron chi connectivity index (χ2n) is 2.28. The van der Waals surface area contributed by atoms with Gasteiger partial charge in [0.15, 0.2) is 0 Å². The van der Waals surface area contributed by atoms with Crippen molar-refractivity contribution in [3.05, 3.63) is 0 Å². The number of hydrogen-bond donors (Lipinski definition) is 3. The van der Waals surface area contributed by atoms with Gasteiger partial charge in [-0.3, -0.25) is 4.79 Å². The quantitative estimate of drug-likeness (QED) is 0.395. The van der Waals surface area contributed by atoms with Crippen molar-refractivity contribution in [1.29, 1.82) is 0 Å². The topological polar surface area (TPSA) is 41.1 Å². The maximum absolute atomic E-state index is 10.9. The minimum Gasteiger partial charge on any atom is -0.355 e. The van der Waals surface area contributed by atoms with Gasteiger partial charge in [0.05, 0.1) is 0 Å². The van der Waals surface area contributed by atoms with Crippen molar-refractivity contribution in [2.45, 2.75) is 12.8 Å². The van der Waals surface area contributed by atoms with Gasteiger partial charge >= 0.3 is 0 Å². The first-order valence-corrected chi connectivity index (χ1v) is 4.46. The number of thiol groups is 1. The second kappa shape index (κ2) is 7.88. The number of nitrogens with one attached hydrogen (secondary N) is 2. The molecule has 0 aromatic rings. The highest BCUT2D eigenvalue weighted by molar-refractivity contribution is 7.80. The van der Waals surface area contributed by atoms with E-state index in [1.54, 1.807) is 0 Å². The van der Waals surface area contributed by atoms with Gasteiger partial charge in [0, 0.05) is 18.7 Å². The van der Waals surface area contributed by atoms with Gasteiger partial charge in [-0.25, -0.2) is 0 Å². The van der Waals surface area contributed by atoms with E-state index in [9.17, 15) is 4.79 Å². The van der Waals surface area contributed by atoms with Crippen molar-refractivity contribution < 1.29 is 4.79 Å². The Bertz CT molecular complexity index is 109. The van der Waals surface area contributed by atoms with E-state index < -0.39 is 0 Å². The van der Waals surface area contributed by atoms with Gasteiger partial charge in [-0.15, -0.1) is 0 Å². The van der Waals surface area contributed by atoms with Crippen molar-refractivity contribution in [3.8, 4) is 0 Å². The molecule has 0 aromatic carbocycles. The predicted octanol–water partition coefficient (Wildman–Crippen LogP) is 0.0320. The smallest absolute Gasteiger partial charge is 0.220 e. The van der Waals surface area contributed by atoms with Crippen LogP contribution in [0.2, 0.25) is 0 Å². The zero-order chi connectivity index (χ0) is 8.53. The summed E-state index contributed by atoms with van der Waals surface area (Å²) in [6, 6.07) is 0. The lowest BCUT2D eigenvalue weighted by Crippen LogP contribution is -2.25. The van der Waals surface area contributed by atoms with Crippen LogP contribution in [0.15, 0.2) is 0 Å². The molecule has 0 fully saturated rings. The summed E-state index contributed by atoms with van der Waals surface area (Å²) < 4.78 is 0. The van der Waals surface area contributed by atoms with Gasteiger partial charge in [-0.1, -0.05) is 0 Å². The molecule has 2 N–H and O–H groups in total. The van der Waals surface area contributed by atoms with Crippen LogP contribution in [0.4, 0.5) is 0 Å². The van der Waals surface area contributed by atoms with Crippen LogP contribution < -0.4 is 10.6 Å². The third-order valence-corrected chi connectivity index (χ3v) is 1.49. The molecule has 3 nitrogen and oxygen atoms in total. The number of carbonyl (C=O) groups excluding carboxylic acids is 1. The van der Waals surface area contributed by atoms with Crippen LogP contribution in [-0.4, -0.2) is 31.8 Å². The molecule has 0 radical (unpaired) electrons.